The first-order valence-corrected chi connectivity index (χ1v) is 7.42. The Bertz CT molecular complexity index is 340. The lowest BCUT2D eigenvalue weighted by atomic mass is 10.1. The highest BCUT2D eigenvalue weighted by atomic mass is 35.5. The summed E-state index contributed by atoms with van der Waals surface area (Å²) in [6.07, 6.45) is 2.00. The first kappa shape index (κ1) is 14.8. The highest BCUT2D eigenvalue weighted by molar-refractivity contribution is 7.98. The van der Waals surface area contributed by atoms with Crippen molar-refractivity contribution in [1.29, 1.82) is 0 Å². The van der Waals surface area contributed by atoms with E-state index in [4.69, 9.17) is 11.6 Å². The van der Waals surface area contributed by atoms with Gasteiger partial charge in [-0.15, -0.1) is 0 Å². The Kier molecular flexibility index (Phi) is 5.80. The van der Waals surface area contributed by atoms with Crippen molar-refractivity contribution < 1.29 is 5.11 Å². The maximum absolute atomic E-state index is 10.0. The maximum atomic E-state index is 10.0. The van der Waals surface area contributed by atoms with Crippen molar-refractivity contribution in [2.45, 2.75) is 25.5 Å². The van der Waals surface area contributed by atoms with E-state index >= 15 is 0 Å². The van der Waals surface area contributed by atoms with Gasteiger partial charge in [-0.2, -0.15) is 11.8 Å². The molecular weight excluding hydrogens is 254 g/mol. The Hall–Kier alpha value is -0.220. The molecule has 96 valence electrons. The molecule has 2 atom stereocenters. The first-order valence-electron chi connectivity index (χ1n) is 5.65. The third-order valence-electron chi connectivity index (χ3n) is 2.61. The van der Waals surface area contributed by atoms with Crippen LogP contribution < -0.4 is 5.32 Å². The van der Waals surface area contributed by atoms with Crippen LogP contribution >= 0.6 is 23.4 Å². The molecule has 2 N–H and O–H groups in total. The number of hydrogen-bond acceptors (Lipinski definition) is 3. The van der Waals surface area contributed by atoms with Gasteiger partial charge in [0.05, 0.1) is 5.60 Å². The fourth-order valence-corrected chi connectivity index (χ4v) is 2.45. The summed E-state index contributed by atoms with van der Waals surface area (Å²) < 4.78 is 0. The summed E-state index contributed by atoms with van der Waals surface area (Å²) in [6, 6.07) is 7.98. The van der Waals surface area contributed by atoms with Gasteiger partial charge in [0.15, 0.2) is 0 Å². The molecule has 0 spiro atoms. The fraction of sp³-hybridized carbons (Fsp3) is 0.538. The molecule has 0 amide bonds. The van der Waals surface area contributed by atoms with Crippen LogP contribution in [-0.4, -0.2) is 29.3 Å². The lowest BCUT2D eigenvalue weighted by Crippen LogP contribution is -2.40. The second-order valence-corrected chi connectivity index (χ2v) is 5.89. The van der Waals surface area contributed by atoms with E-state index in [0.29, 0.717) is 6.54 Å². The molecule has 0 saturated carbocycles. The molecule has 4 heteroatoms. The minimum Gasteiger partial charge on any atom is -0.388 e. The smallest absolute Gasteiger partial charge is 0.0833 e. The molecule has 1 aromatic carbocycles. The molecule has 0 aliphatic rings. The van der Waals surface area contributed by atoms with Gasteiger partial charge >= 0.3 is 0 Å². The summed E-state index contributed by atoms with van der Waals surface area (Å²) in [7, 11) is 0. The number of thioether (sulfide) groups is 1. The third kappa shape index (κ3) is 5.30. The van der Waals surface area contributed by atoms with Crippen molar-refractivity contribution >= 4 is 23.4 Å². The molecule has 0 fully saturated rings. The standard InChI is InChI=1S/C13H20ClNOS/c1-10(11-4-6-12(14)7-5-11)15-8-13(2,16)9-17-3/h4-7,10,15-16H,8-9H2,1-3H3/t10-,13+/m1/s1. The van der Waals surface area contributed by atoms with E-state index in [2.05, 4.69) is 12.2 Å². The van der Waals surface area contributed by atoms with E-state index < -0.39 is 5.60 Å². The van der Waals surface area contributed by atoms with Crippen LogP contribution in [0.5, 0.6) is 0 Å². The summed E-state index contributed by atoms with van der Waals surface area (Å²) in [4.78, 5) is 0. The summed E-state index contributed by atoms with van der Waals surface area (Å²) in [5.41, 5.74) is 0.509. The predicted octanol–water partition coefficient (Wildman–Crippen LogP) is 3.10. The predicted molar refractivity (Wildman–Crippen MR) is 76.9 cm³/mol. The zero-order valence-electron chi connectivity index (χ0n) is 10.5. The van der Waals surface area contributed by atoms with Crippen LogP contribution in [0, 0.1) is 0 Å². The van der Waals surface area contributed by atoms with Gasteiger partial charge in [0.25, 0.3) is 0 Å². The average molecular weight is 274 g/mol. The molecule has 0 unspecified atom stereocenters. The van der Waals surface area contributed by atoms with E-state index in [1.165, 1.54) is 5.56 Å². The van der Waals surface area contributed by atoms with Crippen molar-refractivity contribution in [2.75, 3.05) is 18.6 Å². The van der Waals surface area contributed by atoms with E-state index in [1.54, 1.807) is 11.8 Å². The molecule has 0 aromatic heterocycles. The van der Waals surface area contributed by atoms with Crippen LogP contribution in [0.4, 0.5) is 0 Å². The Morgan fingerprint density at radius 1 is 1.41 bits per heavy atom. The average Bonchev–Trinajstić information content (AvgIpc) is 2.27. The normalized spacial score (nSPS) is 16.5. The third-order valence-corrected chi connectivity index (χ3v) is 3.78. The van der Waals surface area contributed by atoms with Gasteiger partial charge in [0.1, 0.15) is 0 Å². The van der Waals surface area contributed by atoms with Crippen molar-refractivity contribution in [3.8, 4) is 0 Å². The molecule has 0 heterocycles. The number of benzene rings is 1. The van der Waals surface area contributed by atoms with E-state index in [1.807, 2.05) is 37.4 Å². The summed E-state index contributed by atoms with van der Waals surface area (Å²) >= 11 is 7.49. The molecule has 0 aliphatic heterocycles. The van der Waals surface area contributed by atoms with Crippen molar-refractivity contribution in [1.82, 2.24) is 5.32 Å². The number of rotatable bonds is 6. The molecule has 17 heavy (non-hydrogen) atoms. The van der Waals surface area contributed by atoms with Gasteiger partial charge in [0, 0.05) is 23.4 Å². The zero-order chi connectivity index (χ0) is 12.9. The van der Waals surface area contributed by atoms with E-state index in [9.17, 15) is 5.11 Å². The monoisotopic (exact) mass is 273 g/mol. The maximum Gasteiger partial charge on any atom is 0.0833 e. The molecular formula is C13H20ClNOS. The molecule has 0 aliphatic carbocycles. The van der Waals surface area contributed by atoms with Crippen LogP contribution in [-0.2, 0) is 0 Å². The fourth-order valence-electron chi connectivity index (χ4n) is 1.60. The van der Waals surface area contributed by atoms with Crippen LogP contribution in [0.25, 0.3) is 0 Å². The lowest BCUT2D eigenvalue weighted by molar-refractivity contribution is 0.0821. The number of aliphatic hydroxyl groups is 1. The van der Waals surface area contributed by atoms with Crippen LogP contribution in [0.2, 0.25) is 5.02 Å². The van der Waals surface area contributed by atoms with Crippen LogP contribution in [0.3, 0.4) is 0 Å². The van der Waals surface area contributed by atoms with Gasteiger partial charge in [-0.3, -0.25) is 0 Å². The van der Waals surface area contributed by atoms with Crippen LogP contribution in [0.15, 0.2) is 24.3 Å². The van der Waals surface area contributed by atoms with E-state index in [-0.39, 0.29) is 6.04 Å². The van der Waals surface area contributed by atoms with Gasteiger partial charge < -0.3 is 10.4 Å². The minimum atomic E-state index is -0.667. The second kappa shape index (κ2) is 6.64. The number of halogens is 1. The SMILES string of the molecule is CSC[C@@](C)(O)CN[C@H](C)c1ccc(Cl)cc1. The molecule has 2 nitrogen and oxygen atoms in total. The van der Waals surface area contributed by atoms with Crippen LogP contribution in [0.1, 0.15) is 25.5 Å². The first-order chi connectivity index (χ1) is 7.94. The zero-order valence-corrected chi connectivity index (χ0v) is 12.1. The molecule has 1 rings (SSSR count). The van der Waals surface area contributed by atoms with Crippen molar-refractivity contribution in [2.24, 2.45) is 0 Å². The lowest BCUT2D eigenvalue weighted by Gasteiger charge is -2.25. The molecule has 1 aromatic rings. The van der Waals surface area contributed by atoms with Gasteiger partial charge in [-0.1, -0.05) is 23.7 Å². The summed E-state index contributed by atoms with van der Waals surface area (Å²) in [5, 5.41) is 14.1. The summed E-state index contributed by atoms with van der Waals surface area (Å²) in [6.45, 7) is 4.52. The Labute approximate surface area is 113 Å². The van der Waals surface area contributed by atoms with Gasteiger partial charge in [-0.25, -0.2) is 0 Å². The number of hydrogen-bond donors (Lipinski definition) is 2. The Balaban J connectivity index is 2.49. The second-order valence-electron chi connectivity index (χ2n) is 4.58. The Morgan fingerprint density at radius 3 is 2.53 bits per heavy atom. The van der Waals surface area contributed by atoms with Crippen molar-refractivity contribution in [3.05, 3.63) is 34.9 Å². The van der Waals surface area contributed by atoms with Gasteiger partial charge in [0.2, 0.25) is 0 Å². The van der Waals surface area contributed by atoms with E-state index in [0.717, 1.165) is 10.8 Å². The number of nitrogens with one attached hydrogen (secondary N) is 1. The van der Waals surface area contributed by atoms with Crippen molar-refractivity contribution in [3.63, 3.8) is 0 Å². The highest BCUT2D eigenvalue weighted by Gasteiger charge is 2.20. The quantitative estimate of drug-likeness (QED) is 0.835. The topological polar surface area (TPSA) is 32.3 Å². The molecule has 0 bridgehead atoms. The minimum absolute atomic E-state index is 0.209. The Morgan fingerprint density at radius 2 is 2.00 bits per heavy atom. The summed E-state index contributed by atoms with van der Waals surface area (Å²) in [5.74, 6) is 0.730. The highest BCUT2D eigenvalue weighted by Crippen LogP contribution is 2.17. The van der Waals surface area contributed by atoms with Gasteiger partial charge in [-0.05, 0) is 37.8 Å². The molecule has 0 radical (unpaired) electrons. The molecule has 0 saturated heterocycles. The largest absolute Gasteiger partial charge is 0.388 e.